The highest BCUT2D eigenvalue weighted by Crippen LogP contribution is 2.20. The van der Waals surface area contributed by atoms with Crippen LogP contribution in [0.5, 0.6) is 0 Å². The number of ether oxygens (including phenoxy) is 1. The van der Waals surface area contributed by atoms with E-state index < -0.39 is 10.0 Å². The maximum absolute atomic E-state index is 12.1. The Labute approximate surface area is 126 Å². The molecule has 1 unspecified atom stereocenters. The van der Waals surface area contributed by atoms with Crippen molar-refractivity contribution in [1.82, 2.24) is 4.72 Å². The molecule has 0 bridgehead atoms. The van der Waals surface area contributed by atoms with Crippen molar-refractivity contribution in [3.05, 3.63) is 29.8 Å². The van der Waals surface area contributed by atoms with Gasteiger partial charge in [-0.25, -0.2) is 13.1 Å². The fourth-order valence-electron chi connectivity index (χ4n) is 2.49. The maximum Gasteiger partial charge on any atom is 0.240 e. The van der Waals surface area contributed by atoms with Crippen molar-refractivity contribution in [3.63, 3.8) is 0 Å². The van der Waals surface area contributed by atoms with E-state index in [0.29, 0.717) is 19.3 Å². The highest BCUT2D eigenvalue weighted by molar-refractivity contribution is 7.89. The van der Waals surface area contributed by atoms with Crippen LogP contribution in [0.2, 0.25) is 0 Å². The number of nitrogens with two attached hydrogens (primary N) is 1. The van der Waals surface area contributed by atoms with Gasteiger partial charge in [0.1, 0.15) is 0 Å². The molecule has 1 aliphatic carbocycles. The first-order valence-corrected chi connectivity index (χ1v) is 8.94. The van der Waals surface area contributed by atoms with Crippen LogP contribution in [0.25, 0.3) is 0 Å². The van der Waals surface area contributed by atoms with Gasteiger partial charge in [-0.1, -0.05) is 25.0 Å². The standard InChI is InChI=1S/C15H24N2O3S/c1-12(16)13-6-8-15(9-7-13)21(18,19)17-10-11-20-14-4-2-3-5-14/h6-9,12,14,17H,2-5,10-11,16H2,1H3. The molecule has 0 heterocycles. The average Bonchev–Trinajstić information content (AvgIpc) is 2.97. The second-order valence-corrected chi connectivity index (χ2v) is 7.30. The molecule has 0 radical (unpaired) electrons. The summed E-state index contributed by atoms with van der Waals surface area (Å²) in [6, 6.07) is 6.55. The van der Waals surface area contributed by atoms with Gasteiger partial charge in [-0.2, -0.15) is 0 Å². The average molecular weight is 312 g/mol. The Balaban J connectivity index is 1.83. The summed E-state index contributed by atoms with van der Waals surface area (Å²) in [5.41, 5.74) is 6.66. The first-order chi connectivity index (χ1) is 9.99. The molecule has 0 amide bonds. The first kappa shape index (κ1) is 16.4. The minimum Gasteiger partial charge on any atom is -0.377 e. The van der Waals surface area contributed by atoms with Gasteiger partial charge in [-0.15, -0.1) is 0 Å². The molecular weight excluding hydrogens is 288 g/mol. The van der Waals surface area contributed by atoms with Crippen LogP contribution in [-0.4, -0.2) is 27.7 Å². The predicted octanol–water partition coefficient (Wildman–Crippen LogP) is 1.94. The molecule has 1 atom stereocenters. The van der Waals surface area contributed by atoms with Gasteiger partial charge in [0.25, 0.3) is 0 Å². The summed E-state index contributed by atoms with van der Waals surface area (Å²) in [7, 11) is -3.47. The van der Waals surface area contributed by atoms with Crippen LogP contribution in [0.15, 0.2) is 29.2 Å². The van der Waals surface area contributed by atoms with Crippen LogP contribution in [0, 0.1) is 0 Å². The Kier molecular flexibility index (Phi) is 5.75. The van der Waals surface area contributed by atoms with Crippen molar-refractivity contribution in [2.24, 2.45) is 5.73 Å². The van der Waals surface area contributed by atoms with Crippen molar-refractivity contribution in [3.8, 4) is 0 Å². The number of sulfonamides is 1. The van der Waals surface area contributed by atoms with Gasteiger partial charge in [0, 0.05) is 12.6 Å². The van der Waals surface area contributed by atoms with E-state index >= 15 is 0 Å². The Morgan fingerprint density at radius 2 is 1.90 bits per heavy atom. The fraction of sp³-hybridized carbons (Fsp3) is 0.600. The lowest BCUT2D eigenvalue weighted by molar-refractivity contribution is 0.0626. The Morgan fingerprint density at radius 3 is 2.48 bits per heavy atom. The molecule has 118 valence electrons. The monoisotopic (exact) mass is 312 g/mol. The topological polar surface area (TPSA) is 81.4 Å². The van der Waals surface area contributed by atoms with Crippen molar-refractivity contribution in [2.75, 3.05) is 13.2 Å². The molecule has 6 heteroatoms. The van der Waals surface area contributed by atoms with Gasteiger partial charge >= 0.3 is 0 Å². The van der Waals surface area contributed by atoms with Crippen molar-refractivity contribution >= 4 is 10.0 Å². The molecule has 5 nitrogen and oxygen atoms in total. The highest BCUT2D eigenvalue weighted by atomic mass is 32.2. The molecule has 2 rings (SSSR count). The van der Waals surface area contributed by atoms with E-state index in [1.54, 1.807) is 24.3 Å². The summed E-state index contributed by atoms with van der Waals surface area (Å²) in [6.07, 6.45) is 4.90. The Morgan fingerprint density at radius 1 is 1.29 bits per heavy atom. The zero-order chi connectivity index (χ0) is 15.3. The van der Waals surface area contributed by atoms with E-state index in [1.165, 1.54) is 12.8 Å². The van der Waals surface area contributed by atoms with Gasteiger partial charge in [-0.05, 0) is 37.5 Å². The van der Waals surface area contributed by atoms with Gasteiger partial charge in [0.2, 0.25) is 10.0 Å². The quantitative estimate of drug-likeness (QED) is 0.754. The number of hydrogen-bond acceptors (Lipinski definition) is 4. The molecule has 1 aliphatic rings. The van der Waals surface area contributed by atoms with Gasteiger partial charge in [0.05, 0.1) is 17.6 Å². The van der Waals surface area contributed by atoms with Crippen molar-refractivity contribution in [1.29, 1.82) is 0 Å². The van der Waals surface area contributed by atoms with E-state index in [9.17, 15) is 8.42 Å². The number of rotatable bonds is 7. The van der Waals surface area contributed by atoms with E-state index in [-0.39, 0.29) is 10.9 Å². The normalized spacial score (nSPS) is 18.0. The lowest BCUT2D eigenvalue weighted by Gasteiger charge is -2.12. The molecule has 0 aromatic heterocycles. The summed E-state index contributed by atoms with van der Waals surface area (Å²) in [6.45, 7) is 2.58. The minimum absolute atomic E-state index is 0.102. The highest BCUT2D eigenvalue weighted by Gasteiger charge is 2.16. The van der Waals surface area contributed by atoms with E-state index in [4.69, 9.17) is 10.5 Å². The van der Waals surface area contributed by atoms with Gasteiger partial charge in [-0.3, -0.25) is 0 Å². The lowest BCUT2D eigenvalue weighted by atomic mass is 10.1. The molecule has 0 saturated heterocycles. The third-order valence-corrected chi connectivity index (χ3v) is 5.24. The van der Waals surface area contributed by atoms with E-state index in [2.05, 4.69) is 4.72 Å². The summed E-state index contributed by atoms with van der Waals surface area (Å²) < 4.78 is 32.4. The molecule has 0 aliphatic heterocycles. The largest absolute Gasteiger partial charge is 0.377 e. The van der Waals surface area contributed by atoms with Crippen LogP contribution in [0.1, 0.15) is 44.2 Å². The van der Waals surface area contributed by atoms with E-state index in [1.807, 2.05) is 6.92 Å². The summed E-state index contributed by atoms with van der Waals surface area (Å²) >= 11 is 0. The van der Waals surface area contributed by atoms with Crippen LogP contribution in [0.4, 0.5) is 0 Å². The van der Waals surface area contributed by atoms with Crippen molar-refractivity contribution < 1.29 is 13.2 Å². The third-order valence-electron chi connectivity index (χ3n) is 3.77. The molecular formula is C15H24N2O3S. The van der Waals surface area contributed by atoms with E-state index in [0.717, 1.165) is 18.4 Å². The van der Waals surface area contributed by atoms with Gasteiger partial charge in [0.15, 0.2) is 0 Å². The first-order valence-electron chi connectivity index (χ1n) is 7.46. The second-order valence-electron chi connectivity index (χ2n) is 5.53. The van der Waals surface area contributed by atoms with Crippen LogP contribution < -0.4 is 10.5 Å². The zero-order valence-corrected chi connectivity index (χ0v) is 13.2. The zero-order valence-electron chi connectivity index (χ0n) is 12.4. The Hall–Kier alpha value is -0.950. The molecule has 21 heavy (non-hydrogen) atoms. The summed E-state index contributed by atoms with van der Waals surface area (Å²) in [4.78, 5) is 0.257. The SMILES string of the molecule is CC(N)c1ccc(S(=O)(=O)NCCOC2CCCC2)cc1. The minimum atomic E-state index is -3.47. The number of nitrogens with one attached hydrogen (secondary N) is 1. The third kappa shape index (κ3) is 4.78. The molecule has 1 aromatic rings. The van der Waals surface area contributed by atoms with Crippen LogP contribution in [0.3, 0.4) is 0 Å². The van der Waals surface area contributed by atoms with Crippen LogP contribution in [-0.2, 0) is 14.8 Å². The molecule has 1 fully saturated rings. The molecule has 3 N–H and O–H groups in total. The maximum atomic E-state index is 12.1. The predicted molar refractivity (Wildman–Crippen MR) is 82.4 cm³/mol. The summed E-state index contributed by atoms with van der Waals surface area (Å²) in [5, 5.41) is 0. The number of hydrogen-bond donors (Lipinski definition) is 2. The fourth-order valence-corrected chi connectivity index (χ4v) is 3.50. The van der Waals surface area contributed by atoms with Crippen molar-refractivity contribution in [2.45, 2.75) is 49.6 Å². The summed E-state index contributed by atoms with van der Waals surface area (Å²) in [5.74, 6) is 0. The van der Waals surface area contributed by atoms with Crippen LogP contribution >= 0.6 is 0 Å². The Bertz CT molecular complexity index is 535. The second kappa shape index (κ2) is 7.35. The molecule has 1 saturated carbocycles. The number of benzene rings is 1. The smallest absolute Gasteiger partial charge is 0.240 e. The lowest BCUT2D eigenvalue weighted by Crippen LogP contribution is -2.28. The molecule has 0 spiro atoms. The van der Waals surface area contributed by atoms with Gasteiger partial charge < -0.3 is 10.5 Å². The molecule has 1 aromatic carbocycles.